The molecule has 8 nitrogen and oxygen atoms in total. The standard InChI is InChI=1S/C14H25N3O3.C5H10O2/c1-9(2)7-15-12(19)11(10(3)18)17-8-14(13(17)20)5-4-6-16-14;1-5(2,3)4(6)7/h9-11,16,18H,4-8H2,1-3H3,(H,15,19);1-3H3,(H,6,7)/t10-,11+,14?;/m1./s1. The number of β-lactam (4-membered cyclic amide) rings is 1. The van der Waals surface area contributed by atoms with Crippen molar-refractivity contribution in [2.45, 2.75) is 72.1 Å². The number of hydrogen-bond donors (Lipinski definition) is 4. The molecule has 0 bridgehead atoms. The molecule has 0 aliphatic carbocycles. The molecule has 0 aromatic heterocycles. The van der Waals surface area contributed by atoms with Crippen molar-refractivity contribution < 1.29 is 24.6 Å². The highest BCUT2D eigenvalue weighted by atomic mass is 16.4. The molecule has 0 aromatic carbocycles. The molecule has 1 spiro atoms. The van der Waals surface area contributed by atoms with Gasteiger partial charge in [0.15, 0.2) is 0 Å². The van der Waals surface area contributed by atoms with Gasteiger partial charge in [-0.3, -0.25) is 14.4 Å². The average molecular weight is 386 g/mol. The number of carboxylic acid groups (broad SMARTS) is 1. The molecule has 2 fully saturated rings. The van der Waals surface area contributed by atoms with Crippen LogP contribution in [-0.2, 0) is 14.4 Å². The molecule has 2 heterocycles. The lowest BCUT2D eigenvalue weighted by atomic mass is 9.84. The lowest BCUT2D eigenvalue weighted by Crippen LogP contribution is -2.76. The minimum atomic E-state index is -0.870. The van der Waals surface area contributed by atoms with Crippen LogP contribution in [0.3, 0.4) is 0 Å². The van der Waals surface area contributed by atoms with Crippen molar-refractivity contribution in [2.24, 2.45) is 11.3 Å². The van der Waals surface area contributed by atoms with Crippen LogP contribution in [-0.4, -0.2) is 70.2 Å². The molecular weight excluding hydrogens is 350 g/mol. The minimum Gasteiger partial charge on any atom is -0.481 e. The minimum absolute atomic E-state index is 0.0550. The van der Waals surface area contributed by atoms with E-state index in [1.165, 1.54) is 4.90 Å². The summed E-state index contributed by atoms with van der Waals surface area (Å²) in [5, 5.41) is 24.1. The number of hydrogen-bond acceptors (Lipinski definition) is 5. The fourth-order valence-corrected chi connectivity index (χ4v) is 2.99. The predicted octanol–water partition coefficient (Wildman–Crippen LogP) is 0.590. The molecule has 1 unspecified atom stereocenters. The summed E-state index contributed by atoms with van der Waals surface area (Å²) >= 11 is 0. The van der Waals surface area contributed by atoms with Crippen molar-refractivity contribution in [1.29, 1.82) is 0 Å². The van der Waals surface area contributed by atoms with E-state index >= 15 is 0 Å². The van der Waals surface area contributed by atoms with E-state index in [0.29, 0.717) is 19.0 Å². The fourth-order valence-electron chi connectivity index (χ4n) is 2.99. The Hall–Kier alpha value is -1.67. The number of amides is 2. The molecule has 156 valence electrons. The first-order valence-corrected chi connectivity index (χ1v) is 9.57. The van der Waals surface area contributed by atoms with E-state index in [4.69, 9.17) is 5.11 Å². The summed E-state index contributed by atoms with van der Waals surface area (Å²) < 4.78 is 0. The van der Waals surface area contributed by atoms with Crippen molar-refractivity contribution in [2.75, 3.05) is 19.6 Å². The monoisotopic (exact) mass is 385 g/mol. The van der Waals surface area contributed by atoms with Gasteiger partial charge in [-0.15, -0.1) is 0 Å². The highest BCUT2D eigenvalue weighted by Crippen LogP contribution is 2.33. The first kappa shape index (κ1) is 23.4. The first-order valence-electron chi connectivity index (χ1n) is 9.57. The second kappa shape index (κ2) is 9.01. The number of carbonyl (C=O) groups excluding carboxylic acids is 2. The van der Waals surface area contributed by atoms with Crippen molar-refractivity contribution in [3.8, 4) is 0 Å². The number of likely N-dealkylation sites (tertiary alicyclic amines) is 1. The zero-order chi connectivity index (χ0) is 21.0. The van der Waals surface area contributed by atoms with E-state index in [1.54, 1.807) is 27.7 Å². The van der Waals surface area contributed by atoms with Gasteiger partial charge in [0.05, 0.1) is 11.5 Å². The van der Waals surface area contributed by atoms with Crippen molar-refractivity contribution in [3.63, 3.8) is 0 Å². The number of nitrogens with zero attached hydrogens (tertiary/aromatic N) is 1. The first-order chi connectivity index (χ1) is 12.3. The largest absolute Gasteiger partial charge is 0.481 e. The molecule has 2 aliphatic heterocycles. The summed E-state index contributed by atoms with van der Waals surface area (Å²) in [4.78, 5) is 36.1. The third-order valence-electron chi connectivity index (χ3n) is 4.74. The molecule has 4 N–H and O–H groups in total. The maximum atomic E-state index is 12.3. The number of nitrogens with one attached hydrogen (secondary N) is 2. The Morgan fingerprint density at radius 1 is 1.30 bits per heavy atom. The maximum absolute atomic E-state index is 12.3. The maximum Gasteiger partial charge on any atom is 0.308 e. The van der Waals surface area contributed by atoms with E-state index in [0.717, 1.165) is 19.4 Å². The van der Waals surface area contributed by atoms with Crippen LogP contribution in [0, 0.1) is 11.3 Å². The zero-order valence-corrected chi connectivity index (χ0v) is 17.3. The van der Waals surface area contributed by atoms with Gasteiger partial charge in [-0.25, -0.2) is 0 Å². The smallest absolute Gasteiger partial charge is 0.308 e. The SMILES string of the molecule is CC(C)(C)C(=O)O.CC(C)CNC(=O)[C@H]([C@@H](C)O)N1CC2(CCCN2)C1=O. The second-order valence-electron chi connectivity index (χ2n) is 8.93. The molecule has 0 radical (unpaired) electrons. The van der Waals surface area contributed by atoms with Crippen LogP contribution in [0.4, 0.5) is 0 Å². The van der Waals surface area contributed by atoms with Gasteiger partial charge in [-0.05, 0) is 53.0 Å². The average Bonchev–Trinajstić information content (AvgIpc) is 3.03. The van der Waals surface area contributed by atoms with E-state index < -0.39 is 29.1 Å². The Morgan fingerprint density at radius 3 is 2.19 bits per heavy atom. The number of aliphatic carboxylic acids is 1. The molecule has 2 saturated heterocycles. The van der Waals surface area contributed by atoms with Gasteiger partial charge in [-0.1, -0.05) is 13.8 Å². The second-order valence-corrected chi connectivity index (χ2v) is 8.93. The third kappa shape index (κ3) is 5.90. The summed E-state index contributed by atoms with van der Waals surface area (Å²) in [6.07, 6.45) is 0.936. The zero-order valence-electron chi connectivity index (χ0n) is 17.3. The summed E-state index contributed by atoms with van der Waals surface area (Å²) in [6, 6.07) is -0.783. The Kier molecular flexibility index (Phi) is 7.80. The topological polar surface area (TPSA) is 119 Å². The van der Waals surface area contributed by atoms with Crippen LogP contribution in [0.15, 0.2) is 0 Å². The molecule has 0 saturated carbocycles. The van der Waals surface area contributed by atoms with E-state index in [-0.39, 0.29) is 11.8 Å². The van der Waals surface area contributed by atoms with Gasteiger partial charge in [0, 0.05) is 13.1 Å². The molecule has 2 aliphatic rings. The summed E-state index contributed by atoms with van der Waals surface area (Å²) in [5.41, 5.74) is -1.05. The molecule has 8 heteroatoms. The molecule has 0 aromatic rings. The molecule has 27 heavy (non-hydrogen) atoms. The van der Waals surface area contributed by atoms with Gasteiger partial charge in [-0.2, -0.15) is 0 Å². The summed E-state index contributed by atoms with van der Waals surface area (Å²) in [7, 11) is 0. The highest BCUT2D eigenvalue weighted by Gasteiger charge is 2.57. The normalized spacial score (nSPS) is 24.1. The Morgan fingerprint density at radius 2 is 1.85 bits per heavy atom. The molecule has 2 rings (SSSR count). The number of rotatable bonds is 5. The lowest BCUT2D eigenvalue weighted by Gasteiger charge is -2.50. The van der Waals surface area contributed by atoms with Crippen molar-refractivity contribution in [1.82, 2.24) is 15.5 Å². The van der Waals surface area contributed by atoms with Gasteiger partial charge in [0.2, 0.25) is 11.8 Å². The Bertz CT molecular complexity index is 548. The van der Waals surface area contributed by atoms with Crippen LogP contribution in [0.1, 0.15) is 54.4 Å². The highest BCUT2D eigenvalue weighted by molar-refractivity contribution is 5.97. The Labute approximate surface area is 161 Å². The quantitative estimate of drug-likeness (QED) is 0.514. The number of carboxylic acids is 1. The van der Waals surface area contributed by atoms with E-state index in [9.17, 15) is 19.5 Å². The van der Waals surface area contributed by atoms with E-state index in [1.807, 2.05) is 13.8 Å². The van der Waals surface area contributed by atoms with Gasteiger partial charge in [0.1, 0.15) is 11.6 Å². The Balaban J connectivity index is 0.000000445. The summed E-state index contributed by atoms with van der Waals surface area (Å²) in [6.45, 7) is 12.5. The molecular formula is C19H35N3O5. The predicted molar refractivity (Wildman–Crippen MR) is 102 cm³/mol. The van der Waals surface area contributed by atoms with Crippen LogP contribution in [0.5, 0.6) is 0 Å². The van der Waals surface area contributed by atoms with Crippen molar-refractivity contribution in [3.05, 3.63) is 0 Å². The van der Waals surface area contributed by atoms with Gasteiger partial charge in [0.25, 0.3) is 0 Å². The van der Waals surface area contributed by atoms with E-state index in [2.05, 4.69) is 10.6 Å². The van der Waals surface area contributed by atoms with Crippen LogP contribution in [0.2, 0.25) is 0 Å². The fraction of sp³-hybridized carbons (Fsp3) is 0.842. The number of carbonyl (C=O) groups is 3. The van der Waals surface area contributed by atoms with Crippen molar-refractivity contribution >= 4 is 17.8 Å². The summed E-state index contributed by atoms with van der Waals surface area (Å²) in [5.74, 6) is -0.744. The van der Waals surface area contributed by atoms with Crippen LogP contribution in [0.25, 0.3) is 0 Å². The lowest BCUT2D eigenvalue weighted by molar-refractivity contribution is -0.164. The number of aliphatic hydroxyl groups excluding tert-OH is 1. The number of aliphatic hydroxyl groups is 1. The van der Waals surface area contributed by atoms with Gasteiger partial charge >= 0.3 is 5.97 Å². The third-order valence-corrected chi connectivity index (χ3v) is 4.74. The molecule has 2 amide bonds. The van der Waals surface area contributed by atoms with Crippen LogP contribution >= 0.6 is 0 Å². The molecule has 3 atom stereocenters. The van der Waals surface area contributed by atoms with Crippen LogP contribution < -0.4 is 10.6 Å². The van der Waals surface area contributed by atoms with Gasteiger partial charge < -0.3 is 25.7 Å².